The van der Waals surface area contributed by atoms with Gasteiger partial charge in [-0.2, -0.15) is 0 Å². The molecular weight excluding hydrogens is 218 g/mol. The highest BCUT2D eigenvalue weighted by Gasteiger charge is 2.00. The van der Waals surface area contributed by atoms with Crippen molar-refractivity contribution in [2.24, 2.45) is 0 Å². The van der Waals surface area contributed by atoms with Crippen LogP contribution >= 0.6 is 0 Å². The number of carbonyl (C=O) groups excluding carboxylic acids is 2. The van der Waals surface area contributed by atoms with Crippen LogP contribution < -0.4 is 4.74 Å². The lowest BCUT2D eigenvalue weighted by Gasteiger charge is -2.03. The van der Waals surface area contributed by atoms with Crippen LogP contribution in [0.1, 0.15) is 10.5 Å². The van der Waals surface area contributed by atoms with E-state index in [0.29, 0.717) is 24.2 Å². The third kappa shape index (κ3) is 2.55. The van der Waals surface area contributed by atoms with E-state index in [0.717, 1.165) is 11.1 Å². The van der Waals surface area contributed by atoms with Crippen LogP contribution in [0, 0.1) is 0 Å². The first-order valence-corrected chi connectivity index (χ1v) is 4.95. The Morgan fingerprint density at radius 2 is 1.76 bits per heavy atom. The van der Waals surface area contributed by atoms with Gasteiger partial charge in [-0.1, -0.05) is 12.1 Å². The topological polar surface area (TPSA) is 56.3 Å². The fourth-order valence-corrected chi connectivity index (χ4v) is 1.47. The van der Waals surface area contributed by atoms with Crippen molar-refractivity contribution < 1.29 is 14.3 Å². The Bertz CT molecular complexity index is 535. The van der Waals surface area contributed by atoms with Crippen LogP contribution in [0.2, 0.25) is 0 Å². The monoisotopic (exact) mass is 227 g/mol. The second kappa shape index (κ2) is 5.03. The Hall–Kier alpha value is -2.49. The van der Waals surface area contributed by atoms with Crippen LogP contribution in [0.4, 0.5) is 0 Å². The molecule has 2 rings (SSSR count). The minimum atomic E-state index is 0.381. The summed E-state index contributed by atoms with van der Waals surface area (Å²) in [6, 6.07) is 10.5. The Kier molecular flexibility index (Phi) is 3.25. The molecule has 4 nitrogen and oxygen atoms in total. The highest BCUT2D eigenvalue weighted by Crippen LogP contribution is 2.22. The maximum Gasteiger partial charge on any atom is 0.298 e. The Labute approximate surface area is 97.9 Å². The van der Waals surface area contributed by atoms with E-state index in [-0.39, 0.29) is 0 Å². The standard InChI is InChI=1S/C13H9NO3/c15-8-12-7-11(5-6-14-12)10-1-3-13(4-2-10)17-9-16/h1-9H. The summed E-state index contributed by atoms with van der Waals surface area (Å²) in [5.41, 5.74) is 2.20. The first kappa shape index (κ1) is 11.0. The van der Waals surface area contributed by atoms with Gasteiger partial charge in [0.2, 0.25) is 0 Å². The molecule has 0 bridgehead atoms. The smallest absolute Gasteiger partial charge is 0.298 e. The highest BCUT2D eigenvalue weighted by molar-refractivity contribution is 5.76. The van der Waals surface area contributed by atoms with E-state index in [2.05, 4.69) is 4.98 Å². The van der Waals surface area contributed by atoms with Crippen molar-refractivity contribution in [2.75, 3.05) is 0 Å². The van der Waals surface area contributed by atoms with Gasteiger partial charge in [0.25, 0.3) is 6.47 Å². The molecule has 4 heteroatoms. The molecule has 1 aromatic heterocycles. The molecule has 0 atom stereocenters. The second-order valence-corrected chi connectivity index (χ2v) is 3.33. The minimum Gasteiger partial charge on any atom is -0.429 e. The molecule has 0 unspecified atom stereocenters. The van der Waals surface area contributed by atoms with Crippen molar-refractivity contribution in [1.82, 2.24) is 4.98 Å². The van der Waals surface area contributed by atoms with Gasteiger partial charge in [0, 0.05) is 6.20 Å². The summed E-state index contributed by atoms with van der Waals surface area (Å²) in [5, 5.41) is 0. The largest absolute Gasteiger partial charge is 0.429 e. The number of ether oxygens (including phenoxy) is 1. The lowest BCUT2D eigenvalue weighted by atomic mass is 10.1. The third-order valence-corrected chi connectivity index (χ3v) is 2.27. The van der Waals surface area contributed by atoms with Crippen molar-refractivity contribution in [1.29, 1.82) is 0 Å². The van der Waals surface area contributed by atoms with Gasteiger partial charge < -0.3 is 4.74 Å². The van der Waals surface area contributed by atoms with E-state index in [1.54, 1.807) is 24.4 Å². The van der Waals surface area contributed by atoms with Crippen molar-refractivity contribution in [3.63, 3.8) is 0 Å². The fraction of sp³-hybridized carbons (Fsp3) is 0. The summed E-state index contributed by atoms with van der Waals surface area (Å²) in [4.78, 5) is 24.6. The Morgan fingerprint density at radius 1 is 1.00 bits per heavy atom. The number of pyridine rings is 1. The van der Waals surface area contributed by atoms with Crippen molar-refractivity contribution in [3.05, 3.63) is 48.3 Å². The SMILES string of the molecule is O=COc1ccc(-c2ccnc(C=O)c2)cc1. The van der Waals surface area contributed by atoms with E-state index in [4.69, 9.17) is 4.74 Å². The molecule has 0 N–H and O–H groups in total. The number of hydrogen-bond donors (Lipinski definition) is 0. The number of benzene rings is 1. The van der Waals surface area contributed by atoms with Crippen LogP contribution in [0.15, 0.2) is 42.6 Å². The van der Waals surface area contributed by atoms with E-state index in [9.17, 15) is 9.59 Å². The lowest BCUT2D eigenvalue weighted by Crippen LogP contribution is -1.89. The van der Waals surface area contributed by atoms with Crippen LogP contribution in [0.5, 0.6) is 5.75 Å². The molecule has 0 saturated carbocycles. The van der Waals surface area contributed by atoms with Crippen molar-refractivity contribution in [2.45, 2.75) is 0 Å². The fourth-order valence-electron chi connectivity index (χ4n) is 1.47. The molecule has 0 spiro atoms. The summed E-state index contributed by atoms with van der Waals surface area (Å²) in [7, 11) is 0. The zero-order valence-corrected chi connectivity index (χ0v) is 8.87. The second-order valence-electron chi connectivity index (χ2n) is 3.33. The van der Waals surface area contributed by atoms with Gasteiger partial charge in [0.1, 0.15) is 11.4 Å². The number of nitrogens with zero attached hydrogens (tertiary/aromatic N) is 1. The molecule has 1 aromatic carbocycles. The number of aldehydes is 1. The Morgan fingerprint density at radius 3 is 2.41 bits per heavy atom. The molecule has 0 fully saturated rings. The van der Waals surface area contributed by atoms with E-state index < -0.39 is 0 Å². The molecule has 1 heterocycles. The van der Waals surface area contributed by atoms with Crippen molar-refractivity contribution in [3.8, 4) is 16.9 Å². The normalized spacial score (nSPS) is 9.65. The average molecular weight is 227 g/mol. The predicted molar refractivity (Wildman–Crippen MR) is 61.8 cm³/mol. The van der Waals surface area contributed by atoms with Gasteiger partial charge in [-0.3, -0.25) is 14.6 Å². The molecule has 0 radical (unpaired) electrons. The summed E-state index contributed by atoms with van der Waals surface area (Å²) in [5.74, 6) is 0.480. The van der Waals surface area contributed by atoms with E-state index in [1.807, 2.05) is 18.2 Å². The van der Waals surface area contributed by atoms with E-state index in [1.165, 1.54) is 0 Å². The zero-order chi connectivity index (χ0) is 12.1. The predicted octanol–water partition coefficient (Wildman–Crippen LogP) is 2.10. The number of rotatable bonds is 4. The van der Waals surface area contributed by atoms with Crippen molar-refractivity contribution >= 4 is 12.8 Å². The first-order chi connectivity index (χ1) is 8.33. The van der Waals surface area contributed by atoms with Gasteiger partial charge in [-0.25, -0.2) is 0 Å². The van der Waals surface area contributed by atoms with Gasteiger partial charge >= 0.3 is 0 Å². The molecule has 17 heavy (non-hydrogen) atoms. The molecule has 0 saturated heterocycles. The van der Waals surface area contributed by atoms with Gasteiger partial charge in [0.05, 0.1) is 0 Å². The molecule has 0 aliphatic heterocycles. The summed E-state index contributed by atoms with van der Waals surface area (Å²) < 4.78 is 4.69. The molecule has 84 valence electrons. The molecule has 0 amide bonds. The van der Waals surface area contributed by atoms with Gasteiger partial charge in [-0.15, -0.1) is 0 Å². The summed E-state index contributed by atoms with van der Waals surface area (Å²) in [6.07, 6.45) is 2.28. The number of aromatic nitrogens is 1. The maximum atomic E-state index is 10.6. The first-order valence-electron chi connectivity index (χ1n) is 4.95. The number of hydrogen-bond acceptors (Lipinski definition) is 4. The minimum absolute atomic E-state index is 0.381. The van der Waals surface area contributed by atoms with Crippen LogP contribution in [0.25, 0.3) is 11.1 Å². The summed E-state index contributed by atoms with van der Waals surface area (Å²) >= 11 is 0. The third-order valence-electron chi connectivity index (χ3n) is 2.27. The highest BCUT2D eigenvalue weighted by atomic mass is 16.5. The van der Waals surface area contributed by atoms with Gasteiger partial charge in [0.15, 0.2) is 6.29 Å². The van der Waals surface area contributed by atoms with Crippen LogP contribution in [0.3, 0.4) is 0 Å². The van der Waals surface area contributed by atoms with Crippen LogP contribution in [-0.2, 0) is 4.79 Å². The van der Waals surface area contributed by atoms with Gasteiger partial charge in [-0.05, 0) is 35.4 Å². The Balaban J connectivity index is 2.32. The quantitative estimate of drug-likeness (QED) is 0.750. The molecule has 0 aliphatic rings. The lowest BCUT2D eigenvalue weighted by molar-refractivity contribution is -0.120. The zero-order valence-electron chi connectivity index (χ0n) is 8.87. The van der Waals surface area contributed by atoms with Crippen LogP contribution in [-0.4, -0.2) is 17.7 Å². The average Bonchev–Trinajstić information content (AvgIpc) is 2.40. The molecule has 0 aliphatic carbocycles. The van der Waals surface area contributed by atoms with E-state index >= 15 is 0 Å². The molecular formula is C13H9NO3. The maximum absolute atomic E-state index is 10.6. The summed E-state index contributed by atoms with van der Waals surface area (Å²) in [6.45, 7) is 0.381. The molecule has 2 aromatic rings. The number of carbonyl (C=O) groups is 2.